The summed E-state index contributed by atoms with van der Waals surface area (Å²) in [5.74, 6) is -0.0514. The van der Waals surface area contributed by atoms with Gasteiger partial charge in [-0.15, -0.1) is 0 Å². The second-order valence-electron chi connectivity index (χ2n) is 6.11. The van der Waals surface area contributed by atoms with E-state index in [1.807, 2.05) is 75.4 Å². The highest BCUT2D eigenvalue weighted by molar-refractivity contribution is 8.27. The predicted molar refractivity (Wildman–Crippen MR) is 112 cm³/mol. The van der Waals surface area contributed by atoms with E-state index in [1.165, 1.54) is 11.8 Å². The largest absolute Gasteiger partial charge is 0.270 e. The third-order valence-electron chi connectivity index (χ3n) is 3.95. The van der Waals surface area contributed by atoms with Crippen molar-refractivity contribution in [3.8, 4) is 0 Å². The lowest BCUT2D eigenvalue weighted by Crippen LogP contribution is -2.28. The number of nitrogens with zero attached hydrogens (tertiary/aromatic N) is 1. The number of carbonyl (C=O) groups excluding carboxylic acids is 1. The zero-order chi connectivity index (χ0) is 18.0. The molecule has 0 N–H and O–H groups in total. The number of aryl methyl sites for hydroxylation is 2. The van der Waals surface area contributed by atoms with Crippen LogP contribution in [-0.2, 0) is 4.79 Å². The van der Waals surface area contributed by atoms with Gasteiger partial charge >= 0.3 is 0 Å². The van der Waals surface area contributed by atoms with Crippen molar-refractivity contribution in [3.63, 3.8) is 0 Å². The Kier molecular flexibility index (Phi) is 5.21. The van der Waals surface area contributed by atoms with E-state index in [-0.39, 0.29) is 5.91 Å². The summed E-state index contributed by atoms with van der Waals surface area (Å²) < 4.78 is 0.581. The Bertz CT molecular complexity index is 897. The van der Waals surface area contributed by atoms with E-state index in [9.17, 15) is 4.79 Å². The van der Waals surface area contributed by atoms with Crippen LogP contribution in [0, 0.1) is 13.8 Å². The maximum atomic E-state index is 12.9. The van der Waals surface area contributed by atoms with Crippen LogP contribution in [0.5, 0.6) is 0 Å². The van der Waals surface area contributed by atoms with Gasteiger partial charge in [-0.3, -0.25) is 9.69 Å². The monoisotopic (exact) mass is 365 g/mol. The minimum atomic E-state index is -0.0514. The minimum absolute atomic E-state index is 0.0514. The van der Waals surface area contributed by atoms with Crippen molar-refractivity contribution in [2.24, 2.45) is 0 Å². The SMILES string of the molecule is CC(/C=C1\SC(=S)N(c2cc(C)ccc2C)C1=O)=C\c1ccccc1. The van der Waals surface area contributed by atoms with Crippen molar-refractivity contribution in [3.05, 3.63) is 81.8 Å². The molecule has 1 amide bonds. The van der Waals surface area contributed by atoms with Gasteiger partial charge in [0.1, 0.15) is 0 Å². The molecule has 1 saturated heterocycles. The van der Waals surface area contributed by atoms with Crippen molar-refractivity contribution >= 4 is 46.0 Å². The van der Waals surface area contributed by atoms with Crippen molar-refractivity contribution < 1.29 is 4.79 Å². The summed E-state index contributed by atoms with van der Waals surface area (Å²) in [4.78, 5) is 15.2. The standard InChI is InChI=1S/C21H19NOS2/c1-14-9-10-16(3)18(12-14)22-20(23)19(25-21(22)24)13-15(2)11-17-7-5-4-6-8-17/h4-13H,1-3H3/b15-11+,19-13-. The van der Waals surface area contributed by atoms with Crippen LogP contribution in [0.25, 0.3) is 6.08 Å². The molecule has 2 nitrogen and oxygen atoms in total. The Morgan fingerprint density at radius 1 is 1.12 bits per heavy atom. The summed E-state index contributed by atoms with van der Waals surface area (Å²) in [5, 5.41) is 0. The molecule has 0 unspecified atom stereocenters. The van der Waals surface area contributed by atoms with Gasteiger partial charge in [0.25, 0.3) is 5.91 Å². The molecule has 0 atom stereocenters. The highest BCUT2D eigenvalue weighted by Gasteiger charge is 2.34. The van der Waals surface area contributed by atoms with Crippen molar-refractivity contribution in [1.29, 1.82) is 0 Å². The van der Waals surface area contributed by atoms with Gasteiger partial charge in [-0.05, 0) is 55.2 Å². The van der Waals surface area contributed by atoms with E-state index in [1.54, 1.807) is 4.90 Å². The van der Waals surface area contributed by atoms with Crippen molar-refractivity contribution in [1.82, 2.24) is 0 Å². The first-order valence-electron chi connectivity index (χ1n) is 8.04. The topological polar surface area (TPSA) is 20.3 Å². The lowest BCUT2D eigenvalue weighted by atomic mass is 10.1. The summed E-state index contributed by atoms with van der Waals surface area (Å²) in [6.07, 6.45) is 3.97. The number of anilines is 1. The Morgan fingerprint density at radius 2 is 1.84 bits per heavy atom. The average molecular weight is 366 g/mol. The van der Waals surface area contributed by atoms with E-state index in [4.69, 9.17) is 12.2 Å². The van der Waals surface area contributed by atoms with Gasteiger partial charge < -0.3 is 0 Å². The molecule has 0 radical (unpaired) electrons. The summed E-state index contributed by atoms with van der Waals surface area (Å²) in [5.41, 5.74) is 5.16. The molecule has 126 valence electrons. The minimum Gasteiger partial charge on any atom is -0.268 e. The zero-order valence-electron chi connectivity index (χ0n) is 14.4. The molecule has 0 aromatic heterocycles. The first kappa shape index (κ1) is 17.6. The van der Waals surface area contributed by atoms with Crippen LogP contribution in [-0.4, -0.2) is 10.2 Å². The quantitative estimate of drug-likeness (QED) is 0.517. The smallest absolute Gasteiger partial charge is 0.268 e. The molecule has 0 spiro atoms. The van der Waals surface area contributed by atoms with Crippen LogP contribution < -0.4 is 4.90 Å². The molecule has 0 bridgehead atoms. The van der Waals surface area contributed by atoms with Gasteiger partial charge in [0.2, 0.25) is 0 Å². The molecule has 1 aliphatic heterocycles. The van der Waals surface area contributed by atoms with Gasteiger partial charge in [0, 0.05) is 0 Å². The lowest BCUT2D eigenvalue weighted by molar-refractivity contribution is -0.113. The van der Waals surface area contributed by atoms with E-state index >= 15 is 0 Å². The van der Waals surface area contributed by atoms with Crippen molar-refractivity contribution in [2.75, 3.05) is 4.90 Å². The number of allylic oxidation sites excluding steroid dienone is 2. The third-order valence-corrected chi connectivity index (χ3v) is 5.25. The highest BCUT2D eigenvalue weighted by atomic mass is 32.2. The molecule has 4 heteroatoms. The summed E-state index contributed by atoms with van der Waals surface area (Å²) in [6, 6.07) is 16.1. The number of hydrogen-bond acceptors (Lipinski definition) is 3. The van der Waals surface area contributed by atoms with Crippen LogP contribution in [0.15, 0.2) is 65.1 Å². The normalized spacial score (nSPS) is 16.8. The molecule has 0 aliphatic carbocycles. The summed E-state index contributed by atoms with van der Waals surface area (Å²) in [7, 11) is 0. The second-order valence-corrected chi connectivity index (χ2v) is 7.78. The van der Waals surface area contributed by atoms with Crippen LogP contribution in [0.2, 0.25) is 0 Å². The van der Waals surface area contributed by atoms with Gasteiger partial charge in [0.05, 0.1) is 10.6 Å². The lowest BCUT2D eigenvalue weighted by Gasteiger charge is -2.17. The average Bonchev–Trinajstić information content (AvgIpc) is 2.84. The molecule has 1 aliphatic rings. The zero-order valence-corrected chi connectivity index (χ0v) is 16.1. The van der Waals surface area contributed by atoms with E-state index in [2.05, 4.69) is 6.08 Å². The number of thioether (sulfide) groups is 1. The first-order chi connectivity index (χ1) is 12.0. The maximum Gasteiger partial charge on any atom is 0.270 e. The van der Waals surface area contributed by atoms with Crippen LogP contribution in [0.4, 0.5) is 5.69 Å². The van der Waals surface area contributed by atoms with Gasteiger partial charge in [-0.25, -0.2) is 0 Å². The summed E-state index contributed by atoms with van der Waals surface area (Å²) in [6.45, 7) is 6.01. The number of amides is 1. The van der Waals surface area contributed by atoms with Crippen LogP contribution in [0.1, 0.15) is 23.6 Å². The second kappa shape index (κ2) is 7.38. The summed E-state index contributed by atoms with van der Waals surface area (Å²) >= 11 is 6.83. The van der Waals surface area contributed by atoms with E-state index in [0.717, 1.165) is 28.0 Å². The number of rotatable bonds is 3. The molecular weight excluding hydrogens is 346 g/mol. The Hall–Kier alpha value is -2.17. The number of benzene rings is 2. The van der Waals surface area contributed by atoms with E-state index < -0.39 is 0 Å². The van der Waals surface area contributed by atoms with Gasteiger partial charge in [0.15, 0.2) is 4.32 Å². The first-order valence-corrected chi connectivity index (χ1v) is 9.27. The molecule has 2 aromatic rings. The fourth-order valence-corrected chi connectivity index (χ4v) is 4.03. The van der Waals surface area contributed by atoms with Gasteiger partial charge in [-0.2, -0.15) is 0 Å². The number of hydrogen-bond donors (Lipinski definition) is 0. The van der Waals surface area contributed by atoms with Crippen LogP contribution >= 0.6 is 24.0 Å². The van der Waals surface area contributed by atoms with Crippen molar-refractivity contribution in [2.45, 2.75) is 20.8 Å². The Morgan fingerprint density at radius 3 is 2.56 bits per heavy atom. The molecule has 0 saturated carbocycles. The molecular formula is C21H19NOS2. The predicted octanol–water partition coefficient (Wildman–Crippen LogP) is 5.66. The maximum absolute atomic E-state index is 12.9. The van der Waals surface area contributed by atoms with Crippen LogP contribution in [0.3, 0.4) is 0 Å². The molecule has 25 heavy (non-hydrogen) atoms. The van der Waals surface area contributed by atoms with Gasteiger partial charge in [-0.1, -0.05) is 72.5 Å². The Labute approximate surface area is 158 Å². The van der Waals surface area contributed by atoms with E-state index in [0.29, 0.717) is 9.23 Å². The fraction of sp³-hybridized carbons (Fsp3) is 0.143. The number of thiocarbonyl (C=S) groups is 1. The molecule has 2 aromatic carbocycles. The number of carbonyl (C=O) groups is 1. The molecule has 3 rings (SSSR count). The molecule has 1 heterocycles. The third kappa shape index (κ3) is 3.91. The fourth-order valence-electron chi connectivity index (χ4n) is 2.70. The Balaban J connectivity index is 1.91. The highest BCUT2D eigenvalue weighted by Crippen LogP contribution is 2.37. The molecule has 1 fully saturated rings.